The summed E-state index contributed by atoms with van der Waals surface area (Å²) in [6.45, 7) is -0.630. The van der Waals surface area contributed by atoms with E-state index in [4.69, 9.17) is 35.0 Å². The summed E-state index contributed by atoms with van der Waals surface area (Å²) in [7, 11) is -8.79. The first-order valence-corrected chi connectivity index (χ1v) is 22.9. The van der Waals surface area contributed by atoms with Crippen molar-refractivity contribution in [3.8, 4) is 0 Å². The van der Waals surface area contributed by atoms with Gasteiger partial charge in [-0.05, 0) is 38.5 Å². The zero-order chi connectivity index (χ0) is 40.4. The van der Waals surface area contributed by atoms with Crippen molar-refractivity contribution in [2.24, 2.45) is 11.5 Å². The Morgan fingerprint density at radius 2 is 1.51 bits per heavy atom. The number of ether oxygens (including phenoxy) is 4. The zero-order valence-electron chi connectivity index (χ0n) is 32.4. The molecule has 0 radical (unpaired) electrons. The Morgan fingerprint density at radius 3 is 2.16 bits per heavy atom. The highest BCUT2D eigenvalue weighted by Gasteiger charge is 2.52. The molecule has 19 heteroatoms. The van der Waals surface area contributed by atoms with Gasteiger partial charge in [-0.1, -0.05) is 83.1 Å². The SMILES string of the molecule is NCCOP(=O)(O)OCC(O)COC(=O)C=CCCCCCC1OC2(CCCCCCCCCCCCCCOCC(N)COS(=O)(=O)O)CCC(O)C1O2. The van der Waals surface area contributed by atoms with Crippen LogP contribution in [0.5, 0.6) is 0 Å². The van der Waals surface area contributed by atoms with Crippen molar-refractivity contribution in [2.75, 3.05) is 46.2 Å². The number of rotatable bonds is 35. The van der Waals surface area contributed by atoms with Crippen molar-refractivity contribution >= 4 is 24.2 Å². The summed E-state index contributed by atoms with van der Waals surface area (Å²) >= 11 is 0. The summed E-state index contributed by atoms with van der Waals surface area (Å²) < 4.78 is 77.8. The minimum atomic E-state index is -4.47. The first-order valence-electron chi connectivity index (χ1n) is 20.1. The molecule has 0 aromatic carbocycles. The Morgan fingerprint density at radius 1 is 0.873 bits per heavy atom. The third-order valence-electron chi connectivity index (χ3n) is 9.48. The number of aliphatic hydroxyl groups excluding tert-OH is 2. The molecule has 324 valence electrons. The molecule has 55 heavy (non-hydrogen) atoms. The molecular weight excluding hydrogens is 763 g/mol. The van der Waals surface area contributed by atoms with Crippen LogP contribution >= 0.6 is 7.82 Å². The average molecular weight is 833 g/mol. The second kappa shape index (κ2) is 28.4. The number of esters is 1. The fraction of sp³-hybridized carbons (Fsp3) is 0.917. The summed E-state index contributed by atoms with van der Waals surface area (Å²) in [5.41, 5.74) is 10.9. The van der Waals surface area contributed by atoms with Crippen molar-refractivity contribution in [3.05, 3.63) is 12.2 Å². The van der Waals surface area contributed by atoms with E-state index in [1.54, 1.807) is 6.08 Å². The predicted molar refractivity (Wildman–Crippen MR) is 204 cm³/mol. The van der Waals surface area contributed by atoms with E-state index in [0.29, 0.717) is 25.9 Å². The van der Waals surface area contributed by atoms with Crippen LogP contribution in [0.3, 0.4) is 0 Å². The monoisotopic (exact) mass is 832 g/mol. The number of hydrogen-bond acceptors (Lipinski definition) is 15. The van der Waals surface area contributed by atoms with E-state index in [9.17, 15) is 32.9 Å². The number of allylic oxidation sites excluding steroid dienone is 1. The molecule has 0 spiro atoms. The first-order chi connectivity index (χ1) is 26.2. The van der Waals surface area contributed by atoms with Crippen LogP contribution in [0.1, 0.15) is 128 Å². The van der Waals surface area contributed by atoms with Gasteiger partial charge >= 0.3 is 24.2 Å². The quantitative estimate of drug-likeness (QED) is 0.0170. The van der Waals surface area contributed by atoms with Crippen LogP contribution < -0.4 is 11.5 Å². The minimum Gasteiger partial charge on any atom is -0.460 e. The van der Waals surface area contributed by atoms with E-state index in [2.05, 4.69) is 13.2 Å². The number of phosphoric ester groups is 1. The number of nitrogens with two attached hydrogens (primary N) is 2. The van der Waals surface area contributed by atoms with Crippen molar-refractivity contribution in [1.29, 1.82) is 0 Å². The topological polar surface area (TPSA) is 266 Å². The van der Waals surface area contributed by atoms with Crippen LogP contribution in [0.4, 0.5) is 0 Å². The van der Waals surface area contributed by atoms with Gasteiger partial charge in [0.25, 0.3) is 0 Å². The van der Waals surface area contributed by atoms with Crippen molar-refractivity contribution in [3.63, 3.8) is 0 Å². The summed E-state index contributed by atoms with van der Waals surface area (Å²) in [5, 5.41) is 20.4. The molecule has 0 aromatic heterocycles. The molecule has 0 saturated carbocycles. The molecule has 2 saturated heterocycles. The van der Waals surface area contributed by atoms with E-state index in [0.717, 1.165) is 64.2 Å². The number of carbonyl (C=O) groups excluding carboxylic acids is 1. The number of phosphoric acid groups is 1. The summed E-state index contributed by atoms with van der Waals surface area (Å²) in [5.74, 6) is -1.21. The van der Waals surface area contributed by atoms with Gasteiger partial charge < -0.3 is 45.5 Å². The lowest BCUT2D eigenvalue weighted by molar-refractivity contribution is -0.214. The highest BCUT2D eigenvalue weighted by atomic mass is 32.3. The highest BCUT2D eigenvalue weighted by Crippen LogP contribution is 2.45. The molecule has 7 atom stereocenters. The molecule has 0 amide bonds. The van der Waals surface area contributed by atoms with E-state index in [-0.39, 0.29) is 38.6 Å². The van der Waals surface area contributed by atoms with Crippen LogP contribution in [0.25, 0.3) is 0 Å². The van der Waals surface area contributed by atoms with Gasteiger partial charge in [0.2, 0.25) is 0 Å². The standard InChI is InChI=1S/C36H69N2O15PS/c37-23-25-49-54(42,43)50-29-31(39)28-48-34(41)19-15-11-9-10-14-18-33-35-32(40)20-22-36(52-33,53-35)21-16-12-7-5-3-1-2-4-6-8-13-17-24-47-26-30(38)27-51-55(44,45)46/h15,19,30-33,35,39-40H,1-14,16-18,20-29,37-38H2,(H,42,43)(H,44,45,46). The molecule has 0 aliphatic carbocycles. The minimum absolute atomic E-state index is 0.0377. The average Bonchev–Trinajstić information content (AvgIpc) is 3.45. The fourth-order valence-corrected chi connectivity index (χ4v) is 7.70. The van der Waals surface area contributed by atoms with Gasteiger partial charge in [-0.25, -0.2) is 13.5 Å². The Labute approximate surface area is 327 Å². The van der Waals surface area contributed by atoms with Crippen LogP contribution in [-0.4, -0.2) is 116 Å². The number of fused-ring (bicyclic) bond motifs is 2. The van der Waals surface area contributed by atoms with Gasteiger partial charge in [-0.15, -0.1) is 0 Å². The van der Waals surface area contributed by atoms with Gasteiger partial charge in [-0.2, -0.15) is 8.42 Å². The second-order valence-electron chi connectivity index (χ2n) is 14.5. The van der Waals surface area contributed by atoms with Crippen LogP contribution in [0, 0.1) is 0 Å². The molecule has 8 N–H and O–H groups in total. The molecular formula is C36H69N2O15PS. The molecule has 2 aliphatic heterocycles. The van der Waals surface area contributed by atoms with Crippen molar-refractivity contribution < 1.29 is 69.6 Å². The maximum absolute atomic E-state index is 11.9. The first kappa shape index (κ1) is 50.1. The lowest BCUT2D eigenvalue weighted by Crippen LogP contribution is -2.41. The summed E-state index contributed by atoms with van der Waals surface area (Å²) in [6.07, 6.45) is 21.2. The van der Waals surface area contributed by atoms with E-state index < -0.39 is 61.4 Å². The van der Waals surface area contributed by atoms with E-state index in [1.807, 2.05) is 0 Å². The van der Waals surface area contributed by atoms with Crippen LogP contribution in [0.2, 0.25) is 0 Å². The number of unbranched alkanes of at least 4 members (excludes halogenated alkanes) is 14. The van der Waals surface area contributed by atoms with E-state index >= 15 is 0 Å². The molecule has 2 rings (SSSR count). The molecule has 2 heterocycles. The van der Waals surface area contributed by atoms with Crippen LogP contribution in [0.15, 0.2) is 12.2 Å². The van der Waals surface area contributed by atoms with Gasteiger partial charge in [0.1, 0.15) is 18.8 Å². The molecule has 7 unspecified atom stereocenters. The largest absolute Gasteiger partial charge is 0.472 e. The van der Waals surface area contributed by atoms with Crippen molar-refractivity contribution in [1.82, 2.24) is 0 Å². The predicted octanol–water partition coefficient (Wildman–Crippen LogP) is 4.36. The van der Waals surface area contributed by atoms with E-state index in [1.165, 1.54) is 51.0 Å². The third-order valence-corrected chi connectivity index (χ3v) is 10.9. The Hall–Kier alpha value is -1.09. The van der Waals surface area contributed by atoms with Crippen molar-refractivity contribution in [2.45, 2.75) is 165 Å². The van der Waals surface area contributed by atoms with Gasteiger partial charge in [0.05, 0.1) is 44.7 Å². The maximum atomic E-state index is 11.9. The van der Waals surface area contributed by atoms with Gasteiger partial charge in [0.15, 0.2) is 5.79 Å². The van der Waals surface area contributed by atoms with Gasteiger partial charge in [-0.3, -0.25) is 13.6 Å². The molecule has 2 bridgehead atoms. The summed E-state index contributed by atoms with van der Waals surface area (Å²) in [4.78, 5) is 21.3. The molecule has 0 aromatic rings. The Kier molecular flexibility index (Phi) is 25.8. The molecule has 2 fully saturated rings. The van der Waals surface area contributed by atoms with Gasteiger partial charge in [0, 0.05) is 32.1 Å². The lowest BCUT2D eigenvalue weighted by atomic mass is 9.94. The van der Waals surface area contributed by atoms with Crippen LogP contribution in [-0.2, 0) is 51.9 Å². The normalized spacial score (nSPS) is 23.6. The summed E-state index contributed by atoms with van der Waals surface area (Å²) in [6, 6.07) is -0.604. The molecule has 2 aliphatic rings. The fourth-order valence-electron chi connectivity index (χ4n) is 6.58. The number of carbonyl (C=O) groups is 1. The lowest BCUT2D eigenvalue weighted by Gasteiger charge is -2.33. The second-order valence-corrected chi connectivity index (χ2v) is 17.1. The highest BCUT2D eigenvalue weighted by molar-refractivity contribution is 7.80. The number of aliphatic hydroxyl groups is 2. The third kappa shape index (κ3) is 24.4. The number of hydrogen-bond donors (Lipinski definition) is 6. The maximum Gasteiger partial charge on any atom is 0.472 e. The zero-order valence-corrected chi connectivity index (χ0v) is 34.1. The molecule has 17 nitrogen and oxygen atoms in total. The smallest absolute Gasteiger partial charge is 0.460 e. The Balaban J connectivity index is 1.44. The Bertz CT molecular complexity index is 1220.